The summed E-state index contributed by atoms with van der Waals surface area (Å²) in [5, 5.41) is -0.324. The number of amides is 2. The van der Waals surface area contributed by atoms with Gasteiger partial charge in [0, 0.05) is 18.4 Å². The molecule has 0 bridgehead atoms. The van der Waals surface area contributed by atoms with Crippen LogP contribution in [0.3, 0.4) is 0 Å². The van der Waals surface area contributed by atoms with Crippen molar-refractivity contribution in [2.24, 2.45) is 0 Å². The lowest BCUT2D eigenvalue weighted by atomic mass is 10.1. The normalized spacial score (nSPS) is 16.3. The van der Waals surface area contributed by atoms with Gasteiger partial charge in [0.05, 0.1) is 31.3 Å². The van der Waals surface area contributed by atoms with E-state index in [1.807, 2.05) is 4.72 Å². The van der Waals surface area contributed by atoms with Gasteiger partial charge in [-0.25, -0.2) is 17.5 Å². The Kier molecular flexibility index (Phi) is 8.46. The van der Waals surface area contributed by atoms with E-state index in [4.69, 9.17) is 9.47 Å². The molecule has 0 saturated carbocycles. The van der Waals surface area contributed by atoms with Crippen LogP contribution in [0.15, 0.2) is 42.5 Å². The maximum Gasteiger partial charge on any atom is 0.264 e. The van der Waals surface area contributed by atoms with Crippen molar-refractivity contribution < 1.29 is 31.9 Å². The second kappa shape index (κ2) is 11.1. The number of hydrogen-bond acceptors (Lipinski definition) is 7. The number of ether oxygens (including phenoxy) is 2. The van der Waals surface area contributed by atoms with E-state index in [0.29, 0.717) is 17.9 Å². The van der Waals surface area contributed by atoms with Crippen LogP contribution in [0.4, 0.5) is 10.1 Å². The quantitative estimate of drug-likeness (QED) is 0.505. The number of benzene rings is 2. The number of nitrogens with zero attached hydrogens (tertiary/aromatic N) is 1. The van der Waals surface area contributed by atoms with Crippen LogP contribution in [-0.4, -0.2) is 58.7 Å². The number of carbonyl (C=O) groups is 2. The summed E-state index contributed by atoms with van der Waals surface area (Å²) < 4.78 is 49.6. The molecule has 1 heterocycles. The van der Waals surface area contributed by atoms with Crippen LogP contribution in [0.5, 0.6) is 0 Å². The maximum absolute atomic E-state index is 13.3. The number of hydrogen-bond donors (Lipinski definition) is 1. The molecule has 0 aliphatic carbocycles. The van der Waals surface area contributed by atoms with Gasteiger partial charge in [-0.15, -0.1) is 11.8 Å². The first kappa shape index (κ1) is 25.2. The number of anilines is 1. The third-order valence-corrected chi connectivity index (χ3v) is 7.33. The summed E-state index contributed by atoms with van der Waals surface area (Å²) in [6.07, 6.45) is 0. The summed E-state index contributed by atoms with van der Waals surface area (Å²) in [6.45, 7) is 2.27. The molecule has 1 aliphatic rings. The van der Waals surface area contributed by atoms with Crippen LogP contribution >= 0.6 is 11.8 Å². The van der Waals surface area contributed by atoms with Crippen molar-refractivity contribution in [2.45, 2.75) is 12.3 Å². The second-order valence-corrected chi connectivity index (χ2v) is 10.2. The van der Waals surface area contributed by atoms with Crippen molar-refractivity contribution in [3.63, 3.8) is 0 Å². The topological polar surface area (TPSA) is 102 Å². The minimum absolute atomic E-state index is 0.0660. The molecule has 0 radical (unpaired) electrons. The summed E-state index contributed by atoms with van der Waals surface area (Å²) in [4.78, 5) is 26.7. The van der Waals surface area contributed by atoms with Crippen molar-refractivity contribution in [1.82, 2.24) is 4.72 Å². The summed E-state index contributed by atoms with van der Waals surface area (Å²) in [6, 6.07) is 10.6. The molecule has 2 aromatic carbocycles. The smallest absolute Gasteiger partial charge is 0.264 e. The summed E-state index contributed by atoms with van der Waals surface area (Å²) >= 11 is 1.43. The van der Waals surface area contributed by atoms with E-state index in [1.165, 1.54) is 43.1 Å². The van der Waals surface area contributed by atoms with E-state index in [9.17, 15) is 22.4 Å². The number of nitrogens with one attached hydrogen (secondary N) is 1. The summed E-state index contributed by atoms with van der Waals surface area (Å²) in [5.41, 5.74) is 2.17. The maximum atomic E-state index is 13.3. The van der Waals surface area contributed by atoms with Gasteiger partial charge in [-0.05, 0) is 48.4 Å². The molecule has 1 N–H and O–H groups in total. The number of sulfonamides is 1. The fourth-order valence-corrected chi connectivity index (χ4v) is 5.30. The molecule has 2 amide bonds. The average Bonchev–Trinajstić information content (AvgIpc) is 3.14. The van der Waals surface area contributed by atoms with Crippen LogP contribution in [0.2, 0.25) is 0 Å². The number of carbonyl (C=O) groups excluding carboxylic acids is 2. The monoisotopic (exact) mass is 496 g/mol. The van der Waals surface area contributed by atoms with Gasteiger partial charge in [-0.1, -0.05) is 12.1 Å². The molecular formula is C22H25FN2O6S2. The molecule has 0 spiro atoms. The zero-order valence-corrected chi connectivity index (χ0v) is 19.9. The van der Waals surface area contributed by atoms with Crippen LogP contribution < -0.4 is 9.62 Å². The number of methoxy groups -OCH3 is 1. The Morgan fingerprint density at radius 3 is 2.58 bits per heavy atom. The zero-order chi connectivity index (χ0) is 24.0. The standard InChI is InChI=1S/C22H25FN2O6S2/c1-15-13-17(21(27)24-33(28,29)12-11-31-10-9-30-2)5-8-19(15)25-20(26)14-32-22(25)16-3-6-18(23)7-4-16/h3-8,13,22H,9-12,14H2,1-2H3,(H,24,27). The van der Waals surface area contributed by atoms with E-state index >= 15 is 0 Å². The molecule has 11 heteroatoms. The molecule has 3 rings (SSSR count). The lowest BCUT2D eigenvalue weighted by Gasteiger charge is -2.26. The van der Waals surface area contributed by atoms with Crippen LogP contribution in [0.1, 0.15) is 26.9 Å². The van der Waals surface area contributed by atoms with E-state index in [0.717, 1.165) is 5.56 Å². The average molecular weight is 497 g/mol. The van der Waals surface area contributed by atoms with Crippen molar-refractivity contribution in [3.8, 4) is 0 Å². The SMILES string of the molecule is COCCOCCS(=O)(=O)NC(=O)c1ccc(N2C(=O)CSC2c2ccc(F)cc2)c(C)c1. The highest BCUT2D eigenvalue weighted by Crippen LogP contribution is 2.42. The second-order valence-electron chi connectivity index (χ2n) is 7.34. The van der Waals surface area contributed by atoms with Crippen molar-refractivity contribution in [1.29, 1.82) is 0 Å². The van der Waals surface area contributed by atoms with Gasteiger partial charge in [0.25, 0.3) is 5.91 Å². The fraction of sp³-hybridized carbons (Fsp3) is 0.364. The Bertz CT molecular complexity index is 1110. The van der Waals surface area contributed by atoms with Gasteiger partial charge < -0.3 is 9.47 Å². The van der Waals surface area contributed by atoms with Gasteiger partial charge >= 0.3 is 0 Å². The highest BCUT2D eigenvalue weighted by Gasteiger charge is 2.35. The largest absolute Gasteiger partial charge is 0.382 e. The first-order chi connectivity index (χ1) is 15.7. The molecule has 0 aromatic heterocycles. The minimum atomic E-state index is -3.88. The first-order valence-corrected chi connectivity index (χ1v) is 12.8. The Balaban J connectivity index is 1.71. The van der Waals surface area contributed by atoms with Crippen molar-refractivity contribution >= 4 is 39.3 Å². The predicted octanol–water partition coefficient (Wildman–Crippen LogP) is 2.64. The minimum Gasteiger partial charge on any atom is -0.382 e. The number of halogens is 1. The fourth-order valence-electron chi connectivity index (χ4n) is 3.29. The highest BCUT2D eigenvalue weighted by atomic mass is 32.2. The van der Waals surface area contributed by atoms with E-state index < -0.39 is 15.9 Å². The van der Waals surface area contributed by atoms with Gasteiger partial charge in [-0.3, -0.25) is 14.5 Å². The molecule has 2 aromatic rings. The highest BCUT2D eigenvalue weighted by molar-refractivity contribution is 8.00. The van der Waals surface area contributed by atoms with E-state index in [-0.39, 0.29) is 47.4 Å². The summed E-state index contributed by atoms with van der Waals surface area (Å²) in [5.74, 6) is -1.32. The molecule has 1 unspecified atom stereocenters. The Morgan fingerprint density at radius 2 is 1.91 bits per heavy atom. The van der Waals surface area contributed by atoms with Crippen LogP contribution in [0.25, 0.3) is 0 Å². The van der Waals surface area contributed by atoms with E-state index in [2.05, 4.69) is 0 Å². The Morgan fingerprint density at radius 1 is 1.18 bits per heavy atom. The summed E-state index contributed by atoms with van der Waals surface area (Å²) in [7, 11) is -2.37. The Hall–Kier alpha value is -2.47. The Labute approximate surface area is 196 Å². The molecule has 1 fully saturated rings. The van der Waals surface area contributed by atoms with Crippen molar-refractivity contribution in [3.05, 3.63) is 65.0 Å². The number of thioether (sulfide) groups is 1. The van der Waals surface area contributed by atoms with Gasteiger partial charge in [0.2, 0.25) is 15.9 Å². The lowest BCUT2D eigenvalue weighted by Crippen LogP contribution is -2.34. The third-order valence-electron chi connectivity index (χ3n) is 4.92. The first-order valence-electron chi connectivity index (χ1n) is 10.1. The zero-order valence-electron chi connectivity index (χ0n) is 18.2. The molecular weight excluding hydrogens is 471 g/mol. The molecule has 33 heavy (non-hydrogen) atoms. The molecule has 178 valence electrons. The van der Waals surface area contributed by atoms with Crippen molar-refractivity contribution in [2.75, 3.05) is 43.3 Å². The molecule has 1 aliphatic heterocycles. The number of rotatable bonds is 10. The predicted molar refractivity (Wildman–Crippen MR) is 124 cm³/mol. The number of aryl methyl sites for hydroxylation is 1. The van der Waals surface area contributed by atoms with E-state index in [1.54, 1.807) is 30.0 Å². The van der Waals surface area contributed by atoms with Gasteiger partial charge in [0.1, 0.15) is 11.2 Å². The third kappa shape index (κ3) is 6.53. The molecule has 1 atom stereocenters. The van der Waals surface area contributed by atoms with Crippen LogP contribution in [0, 0.1) is 12.7 Å². The van der Waals surface area contributed by atoms with Gasteiger partial charge in [-0.2, -0.15) is 0 Å². The van der Waals surface area contributed by atoms with Gasteiger partial charge in [0.15, 0.2) is 0 Å². The van der Waals surface area contributed by atoms with Crippen LogP contribution in [-0.2, 0) is 24.3 Å². The lowest BCUT2D eigenvalue weighted by molar-refractivity contribution is -0.115. The molecule has 1 saturated heterocycles. The molecule has 8 nitrogen and oxygen atoms in total.